The summed E-state index contributed by atoms with van der Waals surface area (Å²) >= 11 is 0. The van der Waals surface area contributed by atoms with Gasteiger partial charge in [-0.1, -0.05) is 97.9 Å². The highest BCUT2D eigenvalue weighted by atomic mass is 31.2. The third-order valence-electron chi connectivity index (χ3n) is 4.69. The Balaban J connectivity index is 2.59. The number of hydrogen-bond acceptors (Lipinski definition) is 1. The van der Waals surface area contributed by atoms with Crippen LogP contribution in [0.2, 0.25) is 0 Å². The van der Waals surface area contributed by atoms with Gasteiger partial charge in [-0.15, -0.1) is 0 Å². The second kappa shape index (κ2) is 8.20. The van der Waals surface area contributed by atoms with Crippen LogP contribution in [0.3, 0.4) is 0 Å². The molecule has 1 nitrogen and oxygen atoms in total. The van der Waals surface area contributed by atoms with E-state index < -0.39 is 18.8 Å². The van der Waals surface area contributed by atoms with Crippen LogP contribution >= 0.6 is 6.89 Å². The predicted molar refractivity (Wildman–Crippen MR) is 112 cm³/mol. The van der Waals surface area contributed by atoms with E-state index in [-0.39, 0.29) is 11.7 Å². The van der Waals surface area contributed by atoms with Crippen LogP contribution in [-0.2, 0) is 4.79 Å². The Kier molecular flexibility index (Phi) is 5.90. The molecule has 0 atom stereocenters. The van der Waals surface area contributed by atoms with Crippen LogP contribution in [-0.4, -0.2) is 17.3 Å². The van der Waals surface area contributed by atoms with Crippen molar-refractivity contribution in [3.05, 3.63) is 91.0 Å². The number of hydrogen-bond donors (Lipinski definition) is 0. The summed E-state index contributed by atoms with van der Waals surface area (Å²) in [6.45, 7) is -1.34. The van der Waals surface area contributed by atoms with Crippen LogP contribution in [0.15, 0.2) is 91.0 Å². The molecule has 0 heterocycles. The first-order valence-electron chi connectivity index (χ1n) is 8.96. The van der Waals surface area contributed by atoms with E-state index in [0.717, 1.165) is 15.9 Å². The molecule has 0 aliphatic carbocycles. The summed E-state index contributed by atoms with van der Waals surface area (Å²) in [4.78, 5) is 12.6. The highest BCUT2D eigenvalue weighted by Crippen LogP contribution is 2.48. The highest BCUT2D eigenvalue weighted by molar-refractivity contribution is 7.96. The molecule has 0 amide bonds. The van der Waals surface area contributed by atoms with Crippen LogP contribution in [0.5, 0.6) is 0 Å². The summed E-state index contributed by atoms with van der Waals surface area (Å²) in [5.74, 6) is -1.74. The topological polar surface area (TPSA) is 17.1 Å². The summed E-state index contributed by atoms with van der Waals surface area (Å²) in [6.07, 6.45) is -4.90. The first-order valence-corrected chi connectivity index (χ1v) is 10.7. The quantitative estimate of drug-likeness (QED) is 0.568. The molecule has 0 saturated heterocycles. The van der Waals surface area contributed by atoms with Crippen molar-refractivity contribution in [1.82, 2.24) is 0 Å². The molecular formula is C23H20F3OP. The monoisotopic (exact) mass is 400 g/mol. The number of alkyl halides is 3. The fraction of sp³-hybridized carbons (Fsp3) is 0.130. The van der Waals surface area contributed by atoms with Crippen molar-refractivity contribution < 1.29 is 18.0 Å². The Morgan fingerprint density at radius 2 is 1.04 bits per heavy atom. The minimum Gasteiger partial charge on any atom is -0.284 e. The smallest absolute Gasteiger partial charge is 0.284 e. The van der Waals surface area contributed by atoms with E-state index in [1.807, 2.05) is 54.6 Å². The van der Waals surface area contributed by atoms with Gasteiger partial charge in [-0.25, -0.2) is 0 Å². The summed E-state index contributed by atoms with van der Waals surface area (Å²) in [7, 11) is 0. The number of benzene rings is 3. The summed E-state index contributed by atoms with van der Waals surface area (Å²) in [5, 5.41) is 2.13. The van der Waals surface area contributed by atoms with Crippen LogP contribution in [0.4, 0.5) is 13.2 Å². The minimum atomic E-state index is -4.92. The molecule has 0 saturated carbocycles. The molecule has 0 fully saturated rings. The van der Waals surface area contributed by atoms with Gasteiger partial charge in [-0.05, 0) is 29.2 Å². The number of carbonyl (C=O) groups excluding carboxylic acids is 1. The maximum absolute atomic E-state index is 13.6. The first-order chi connectivity index (χ1) is 13.4. The Hall–Kier alpha value is -2.58. The second-order valence-corrected chi connectivity index (χ2v) is 9.74. The molecule has 5 heteroatoms. The molecule has 0 spiro atoms. The summed E-state index contributed by atoms with van der Waals surface area (Å²) < 4.78 is 40.8. The lowest BCUT2D eigenvalue weighted by Crippen LogP contribution is -2.38. The Labute approximate surface area is 162 Å². The van der Waals surface area contributed by atoms with Gasteiger partial charge in [0.25, 0.3) is 5.78 Å². The number of rotatable bonds is 5. The van der Waals surface area contributed by atoms with Crippen molar-refractivity contribution >= 4 is 33.9 Å². The largest absolute Gasteiger partial charge is 0.454 e. The van der Waals surface area contributed by atoms with Gasteiger partial charge in [0, 0.05) is 5.29 Å². The minimum absolute atomic E-state index is 0.0187. The first kappa shape index (κ1) is 20.2. The van der Waals surface area contributed by atoms with Crippen LogP contribution in [0.25, 0.3) is 0 Å². The molecule has 3 aromatic rings. The average Bonchev–Trinajstić information content (AvgIpc) is 2.73. The molecule has 3 rings (SSSR count). The lowest BCUT2D eigenvalue weighted by Gasteiger charge is -2.32. The maximum Gasteiger partial charge on any atom is 0.454 e. The zero-order valence-electron chi connectivity index (χ0n) is 15.4. The van der Waals surface area contributed by atoms with Gasteiger partial charge in [0.05, 0.1) is 0 Å². The normalized spacial score (nSPS) is 11.9. The summed E-state index contributed by atoms with van der Waals surface area (Å²) in [5.41, 5.74) is 0. The lowest BCUT2D eigenvalue weighted by molar-refractivity contribution is -0.163. The van der Waals surface area contributed by atoms with E-state index in [1.165, 1.54) is 0 Å². The second-order valence-electron chi connectivity index (χ2n) is 6.30. The standard InChI is InChI=1S/C23H20F3OP/c1-2-21(22(27)23(24,25)26)28(18-12-6-3-7-13-18,19-14-8-4-9-15-19)20-16-10-5-11-17-20/h3-17H,2H2,1H3. The number of halogens is 3. The van der Waals surface area contributed by atoms with E-state index >= 15 is 0 Å². The molecular weight excluding hydrogens is 380 g/mol. The molecule has 28 heavy (non-hydrogen) atoms. The Morgan fingerprint density at radius 1 is 0.714 bits per heavy atom. The van der Waals surface area contributed by atoms with E-state index in [2.05, 4.69) is 0 Å². The van der Waals surface area contributed by atoms with Crippen molar-refractivity contribution in [3.63, 3.8) is 0 Å². The fourth-order valence-electron chi connectivity index (χ4n) is 3.58. The van der Waals surface area contributed by atoms with Gasteiger partial charge in [-0.2, -0.15) is 13.2 Å². The third kappa shape index (κ3) is 3.57. The van der Waals surface area contributed by atoms with E-state index in [4.69, 9.17) is 0 Å². The zero-order chi connectivity index (χ0) is 20.2. The van der Waals surface area contributed by atoms with Crippen molar-refractivity contribution in [1.29, 1.82) is 0 Å². The Morgan fingerprint density at radius 3 is 1.29 bits per heavy atom. The van der Waals surface area contributed by atoms with Crippen LogP contribution < -0.4 is 15.9 Å². The third-order valence-corrected chi connectivity index (χ3v) is 9.24. The molecule has 0 N–H and O–H groups in total. The van der Waals surface area contributed by atoms with E-state index in [9.17, 15) is 18.0 Å². The average molecular weight is 400 g/mol. The SMILES string of the molecule is CCC(C(=O)C(F)(F)F)=P(c1ccccc1)(c1ccccc1)c1ccccc1. The molecule has 0 bridgehead atoms. The lowest BCUT2D eigenvalue weighted by atomic mass is 10.2. The van der Waals surface area contributed by atoms with Crippen molar-refractivity contribution in [2.45, 2.75) is 19.5 Å². The molecule has 0 aliphatic rings. The molecule has 144 valence electrons. The van der Waals surface area contributed by atoms with E-state index in [0.29, 0.717) is 0 Å². The van der Waals surface area contributed by atoms with Crippen molar-refractivity contribution in [2.75, 3.05) is 0 Å². The maximum atomic E-state index is 13.6. The number of ketones is 1. The number of Topliss-reactive ketones (excluding diaryl/α,β-unsaturated/α-hetero) is 1. The van der Waals surface area contributed by atoms with Crippen molar-refractivity contribution in [2.24, 2.45) is 0 Å². The van der Waals surface area contributed by atoms with Crippen molar-refractivity contribution in [3.8, 4) is 0 Å². The van der Waals surface area contributed by atoms with E-state index in [1.54, 1.807) is 43.3 Å². The fourth-order valence-corrected chi connectivity index (χ4v) is 8.18. The van der Waals surface area contributed by atoms with Gasteiger partial charge < -0.3 is 0 Å². The molecule has 0 radical (unpaired) electrons. The number of carbonyl (C=O) groups is 1. The van der Waals surface area contributed by atoms with Gasteiger partial charge >= 0.3 is 6.18 Å². The molecule has 0 aliphatic heterocycles. The van der Waals surface area contributed by atoms with Gasteiger partial charge in [0.2, 0.25) is 0 Å². The molecule has 3 aromatic carbocycles. The van der Waals surface area contributed by atoms with Gasteiger partial charge in [0.1, 0.15) is 0 Å². The van der Waals surface area contributed by atoms with Gasteiger partial charge in [-0.3, -0.25) is 4.79 Å². The van der Waals surface area contributed by atoms with Crippen LogP contribution in [0, 0.1) is 0 Å². The molecule has 0 aromatic heterocycles. The highest BCUT2D eigenvalue weighted by Gasteiger charge is 2.44. The predicted octanol–water partition coefficient (Wildman–Crippen LogP) is 4.69. The van der Waals surface area contributed by atoms with Gasteiger partial charge in [0.15, 0.2) is 0 Å². The zero-order valence-corrected chi connectivity index (χ0v) is 16.3. The Bertz CT molecular complexity index is 891. The summed E-state index contributed by atoms with van der Waals surface area (Å²) in [6, 6.07) is 27.3. The van der Waals surface area contributed by atoms with Crippen LogP contribution in [0.1, 0.15) is 13.3 Å². The molecule has 0 unspecified atom stereocenters.